The molecule has 88 valence electrons. The monoisotopic (exact) mass is 239 g/mol. The van der Waals surface area contributed by atoms with Crippen molar-refractivity contribution in [2.75, 3.05) is 19.7 Å². The Balaban J connectivity index is 1.98. The van der Waals surface area contributed by atoms with Gasteiger partial charge in [-0.15, -0.1) is 0 Å². The van der Waals surface area contributed by atoms with Crippen LogP contribution in [0, 0.1) is 19.8 Å². The fraction of sp³-hybridized carbons (Fsp3) is 0.538. The lowest BCUT2D eigenvalue weighted by Gasteiger charge is -2.13. The molecule has 1 atom stereocenters. The zero-order chi connectivity index (χ0) is 11.5. The molecule has 1 fully saturated rings. The third kappa shape index (κ3) is 2.69. The Bertz CT molecular complexity index is 349. The van der Waals surface area contributed by atoms with Gasteiger partial charge in [-0.3, -0.25) is 0 Å². The highest BCUT2D eigenvalue weighted by molar-refractivity contribution is 6.32. The van der Waals surface area contributed by atoms with Crippen LogP contribution in [-0.2, 0) is 0 Å². The van der Waals surface area contributed by atoms with Gasteiger partial charge in [0.05, 0.1) is 6.61 Å². The number of nitrogens with one attached hydrogen (secondary N) is 1. The molecule has 1 heterocycles. The standard InChI is InChI=1S/C13H18ClNO/c1-9-5-12(6-10(2)13(9)14)16-8-11-3-4-15-7-11/h5-6,11,15H,3-4,7-8H2,1-2H3. The second-order valence-electron chi connectivity index (χ2n) is 4.54. The van der Waals surface area contributed by atoms with Gasteiger partial charge in [0.15, 0.2) is 0 Å². The van der Waals surface area contributed by atoms with Crippen LogP contribution in [0.5, 0.6) is 5.75 Å². The SMILES string of the molecule is Cc1cc(OCC2CCNC2)cc(C)c1Cl. The van der Waals surface area contributed by atoms with E-state index in [9.17, 15) is 0 Å². The number of ether oxygens (including phenoxy) is 1. The summed E-state index contributed by atoms with van der Waals surface area (Å²) in [6.07, 6.45) is 1.21. The van der Waals surface area contributed by atoms with E-state index >= 15 is 0 Å². The van der Waals surface area contributed by atoms with E-state index in [1.807, 2.05) is 26.0 Å². The molecule has 0 amide bonds. The topological polar surface area (TPSA) is 21.3 Å². The zero-order valence-corrected chi connectivity index (χ0v) is 10.6. The van der Waals surface area contributed by atoms with Gasteiger partial charge in [-0.1, -0.05) is 11.6 Å². The summed E-state index contributed by atoms with van der Waals surface area (Å²) >= 11 is 6.11. The van der Waals surface area contributed by atoms with Crippen LogP contribution in [0.1, 0.15) is 17.5 Å². The fourth-order valence-corrected chi connectivity index (χ4v) is 2.17. The van der Waals surface area contributed by atoms with Crippen molar-refractivity contribution < 1.29 is 4.74 Å². The minimum absolute atomic E-state index is 0.649. The quantitative estimate of drug-likeness (QED) is 0.876. The first-order valence-corrected chi connectivity index (χ1v) is 6.15. The van der Waals surface area contributed by atoms with Crippen molar-refractivity contribution in [1.82, 2.24) is 5.32 Å². The highest BCUT2D eigenvalue weighted by atomic mass is 35.5. The summed E-state index contributed by atoms with van der Waals surface area (Å²) in [6.45, 7) is 7.02. The lowest BCUT2D eigenvalue weighted by Crippen LogP contribution is -2.15. The van der Waals surface area contributed by atoms with Crippen LogP contribution in [-0.4, -0.2) is 19.7 Å². The molecule has 0 spiro atoms. The lowest BCUT2D eigenvalue weighted by atomic mass is 10.1. The summed E-state index contributed by atoms with van der Waals surface area (Å²) in [5.41, 5.74) is 2.17. The maximum atomic E-state index is 6.11. The number of aryl methyl sites for hydroxylation is 2. The summed E-state index contributed by atoms with van der Waals surface area (Å²) in [4.78, 5) is 0. The van der Waals surface area contributed by atoms with Gasteiger partial charge >= 0.3 is 0 Å². The van der Waals surface area contributed by atoms with Crippen LogP contribution >= 0.6 is 11.6 Å². The lowest BCUT2D eigenvalue weighted by molar-refractivity contribution is 0.260. The molecule has 0 aliphatic carbocycles. The molecular formula is C13H18ClNO. The molecule has 3 heteroatoms. The van der Waals surface area contributed by atoms with Crippen LogP contribution in [0.15, 0.2) is 12.1 Å². The summed E-state index contributed by atoms with van der Waals surface area (Å²) < 4.78 is 5.81. The molecule has 16 heavy (non-hydrogen) atoms. The Morgan fingerprint density at radius 1 is 1.38 bits per heavy atom. The molecule has 1 aromatic rings. The average Bonchev–Trinajstić information content (AvgIpc) is 2.75. The van der Waals surface area contributed by atoms with E-state index in [1.165, 1.54) is 6.42 Å². The first-order valence-electron chi connectivity index (χ1n) is 5.77. The van der Waals surface area contributed by atoms with Crippen LogP contribution in [0.25, 0.3) is 0 Å². The van der Waals surface area contributed by atoms with Gasteiger partial charge in [-0.2, -0.15) is 0 Å². The molecule has 0 saturated carbocycles. The van der Waals surface area contributed by atoms with Crippen molar-refractivity contribution in [2.45, 2.75) is 20.3 Å². The van der Waals surface area contributed by atoms with Crippen LogP contribution in [0.3, 0.4) is 0 Å². The van der Waals surface area contributed by atoms with E-state index in [4.69, 9.17) is 16.3 Å². The van der Waals surface area contributed by atoms with Crippen molar-refractivity contribution >= 4 is 11.6 Å². The molecule has 1 aliphatic heterocycles. The Morgan fingerprint density at radius 2 is 2.06 bits per heavy atom. The smallest absolute Gasteiger partial charge is 0.119 e. The van der Waals surface area contributed by atoms with Gasteiger partial charge in [0.1, 0.15) is 5.75 Å². The number of rotatable bonds is 3. The molecular weight excluding hydrogens is 222 g/mol. The van der Waals surface area contributed by atoms with Crippen molar-refractivity contribution in [1.29, 1.82) is 0 Å². The molecule has 1 aliphatic rings. The van der Waals surface area contributed by atoms with E-state index < -0.39 is 0 Å². The minimum Gasteiger partial charge on any atom is -0.493 e. The molecule has 2 nitrogen and oxygen atoms in total. The van der Waals surface area contributed by atoms with E-state index in [1.54, 1.807) is 0 Å². The first-order chi connectivity index (χ1) is 7.66. The second-order valence-corrected chi connectivity index (χ2v) is 4.92. The first kappa shape index (κ1) is 11.7. The average molecular weight is 240 g/mol. The van der Waals surface area contributed by atoms with Gasteiger partial charge in [-0.05, 0) is 50.1 Å². The minimum atomic E-state index is 0.649. The zero-order valence-electron chi connectivity index (χ0n) is 9.85. The maximum absolute atomic E-state index is 6.11. The predicted octanol–water partition coefficient (Wildman–Crippen LogP) is 2.95. The van der Waals surface area contributed by atoms with Gasteiger partial charge in [0.2, 0.25) is 0 Å². The molecule has 1 saturated heterocycles. The number of benzene rings is 1. The van der Waals surface area contributed by atoms with Crippen LogP contribution in [0.2, 0.25) is 5.02 Å². The highest BCUT2D eigenvalue weighted by Gasteiger charge is 2.15. The van der Waals surface area contributed by atoms with E-state index in [-0.39, 0.29) is 0 Å². The largest absolute Gasteiger partial charge is 0.493 e. The van der Waals surface area contributed by atoms with E-state index in [0.717, 1.165) is 41.6 Å². The summed E-state index contributed by atoms with van der Waals surface area (Å²) in [6, 6.07) is 4.02. The molecule has 0 radical (unpaired) electrons. The van der Waals surface area contributed by atoms with E-state index in [2.05, 4.69) is 5.32 Å². The molecule has 2 rings (SSSR count). The Kier molecular flexibility index (Phi) is 3.72. The number of halogens is 1. The normalized spacial score (nSPS) is 20.1. The van der Waals surface area contributed by atoms with Gasteiger partial charge in [-0.25, -0.2) is 0 Å². The third-order valence-electron chi connectivity index (χ3n) is 3.06. The summed E-state index contributed by atoms with van der Waals surface area (Å²) in [5, 5.41) is 4.18. The molecule has 1 N–H and O–H groups in total. The predicted molar refractivity (Wildman–Crippen MR) is 67.4 cm³/mol. The van der Waals surface area contributed by atoms with Crippen molar-refractivity contribution in [3.63, 3.8) is 0 Å². The molecule has 1 unspecified atom stereocenters. The number of hydrogen-bond donors (Lipinski definition) is 1. The van der Waals surface area contributed by atoms with Gasteiger partial charge < -0.3 is 10.1 Å². The van der Waals surface area contributed by atoms with Gasteiger partial charge in [0.25, 0.3) is 0 Å². The van der Waals surface area contributed by atoms with E-state index in [0.29, 0.717) is 5.92 Å². The fourth-order valence-electron chi connectivity index (χ4n) is 2.06. The molecule has 1 aromatic carbocycles. The summed E-state index contributed by atoms with van der Waals surface area (Å²) in [5.74, 6) is 1.59. The van der Waals surface area contributed by atoms with Crippen molar-refractivity contribution in [2.24, 2.45) is 5.92 Å². The second kappa shape index (κ2) is 5.07. The molecule has 0 bridgehead atoms. The Labute approximate surface area is 102 Å². The Morgan fingerprint density at radius 3 is 2.62 bits per heavy atom. The van der Waals surface area contributed by atoms with Crippen LogP contribution in [0.4, 0.5) is 0 Å². The third-order valence-corrected chi connectivity index (χ3v) is 3.65. The number of hydrogen-bond acceptors (Lipinski definition) is 2. The molecule has 0 aromatic heterocycles. The summed E-state index contributed by atoms with van der Waals surface area (Å²) in [7, 11) is 0. The highest BCUT2D eigenvalue weighted by Crippen LogP contribution is 2.26. The Hall–Kier alpha value is -0.730. The van der Waals surface area contributed by atoms with Crippen molar-refractivity contribution in [3.8, 4) is 5.75 Å². The van der Waals surface area contributed by atoms with Gasteiger partial charge in [0, 0.05) is 17.5 Å². The van der Waals surface area contributed by atoms with Crippen LogP contribution < -0.4 is 10.1 Å². The maximum Gasteiger partial charge on any atom is 0.119 e. The van der Waals surface area contributed by atoms with Crippen molar-refractivity contribution in [3.05, 3.63) is 28.3 Å².